The highest BCUT2D eigenvalue weighted by atomic mass is 127. The number of pyridine rings is 2. The zero-order chi connectivity index (χ0) is 8.55. The van der Waals surface area contributed by atoms with E-state index in [0.29, 0.717) is 5.39 Å². The van der Waals surface area contributed by atoms with Crippen LogP contribution in [0.25, 0.3) is 10.8 Å². The lowest BCUT2D eigenvalue weighted by Gasteiger charge is -1.96. The first kappa shape index (κ1) is 7.72. The summed E-state index contributed by atoms with van der Waals surface area (Å²) in [4.78, 5) is 17.9. The van der Waals surface area contributed by atoms with E-state index in [1.165, 1.54) is 0 Å². The zero-order valence-corrected chi connectivity index (χ0v) is 8.20. The standard InChI is InChI=1S/C8H5IN2O/c9-7-4-11-8(12)5-1-2-10-3-6(5)7/h1-4H,(H,11,12). The highest BCUT2D eigenvalue weighted by Gasteiger charge is 2.00. The van der Waals surface area contributed by atoms with Gasteiger partial charge in [0.15, 0.2) is 0 Å². The van der Waals surface area contributed by atoms with Crippen molar-refractivity contribution in [2.75, 3.05) is 0 Å². The molecule has 0 aliphatic heterocycles. The van der Waals surface area contributed by atoms with Gasteiger partial charge in [-0.25, -0.2) is 0 Å². The van der Waals surface area contributed by atoms with E-state index in [-0.39, 0.29) is 5.56 Å². The smallest absolute Gasteiger partial charge is 0.255 e. The highest BCUT2D eigenvalue weighted by Crippen LogP contribution is 2.13. The third-order valence-electron chi connectivity index (χ3n) is 1.65. The summed E-state index contributed by atoms with van der Waals surface area (Å²) in [6.07, 6.45) is 5.01. The minimum absolute atomic E-state index is 0.0622. The Labute approximate surface area is 82.0 Å². The number of halogens is 1. The van der Waals surface area contributed by atoms with Gasteiger partial charge in [-0.2, -0.15) is 0 Å². The Morgan fingerprint density at radius 2 is 2.25 bits per heavy atom. The van der Waals surface area contributed by atoms with Gasteiger partial charge in [0, 0.05) is 27.5 Å². The summed E-state index contributed by atoms with van der Waals surface area (Å²) in [5.74, 6) is 0. The van der Waals surface area contributed by atoms with Crippen LogP contribution in [-0.4, -0.2) is 9.97 Å². The largest absolute Gasteiger partial charge is 0.327 e. The predicted molar refractivity (Wildman–Crippen MR) is 55.1 cm³/mol. The fraction of sp³-hybridized carbons (Fsp3) is 0. The van der Waals surface area contributed by atoms with E-state index in [4.69, 9.17) is 0 Å². The molecule has 0 spiro atoms. The SMILES string of the molecule is O=c1[nH]cc(I)c2cnccc12. The van der Waals surface area contributed by atoms with E-state index in [1.54, 1.807) is 24.7 Å². The van der Waals surface area contributed by atoms with Gasteiger partial charge >= 0.3 is 0 Å². The molecule has 12 heavy (non-hydrogen) atoms. The van der Waals surface area contributed by atoms with Gasteiger partial charge in [-0.3, -0.25) is 9.78 Å². The molecule has 0 atom stereocenters. The summed E-state index contributed by atoms with van der Waals surface area (Å²) in [6, 6.07) is 1.72. The van der Waals surface area contributed by atoms with Crippen molar-refractivity contribution < 1.29 is 0 Å². The fourth-order valence-corrected chi connectivity index (χ4v) is 1.65. The van der Waals surface area contributed by atoms with E-state index in [1.807, 2.05) is 0 Å². The molecule has 0 saturated heterocycles. The lowest BCUT2D eigenvalue weighted by Crippen LogP contribution is -2.05. The fourth-order valence-electron chi connectivity index (χ4n) is 1.07. The normalized spacial score (nSPS) is 10.4. The number of aromatic nitrogens is 2. The average Bonchev–Trinajstić information content (AvgIpc) is 2.12. The summed E-state index contributed by atoms with van der Waals surface area (Å²) >= 11 is 2.16. The van der Waals surface area contributed by atoms with E-state index >= 15 is 0 Å². The van der Waals surface area contributed by atoms with E-state index in [9.17, 15) is 4.79 Å². The third kappa shape index (κ3) is 1.12. The van der Waals surface area contributed by atoms with Gasteiger partial charge < -0.3 is 4.98 Å². The molecular weight excluding hydrogens is 267 g/mol. The molecule has 60 valence electrons. The van der Waals surface area contributed by atoms with Crippen LogP contribution in [0.15, 0.2) is 29.5 Å². The van der Waals surface area contributed by atoms with Gasteiger partial charge in [-0.1, -0.05) is 0 Å². The monoisotopic (exact) mass is 272 g/mol. The lowest BCUT2D eigenvalue weighted by molar-refractivity contribution is 1.25. The van der Waals surface area contributed by atoms with Gasteiger partial charge in [-0.05, 0) is 28.7 Å². The molecule has 1 N–H and O–H groups in total. The molecule has 0 radical (unpaired) electrons. The number of nitrogens with zero attached hydrogens (tertiary/aromatic N) is 1. The van der Waals surface area contributed by atoms with Crippen molar-refractivity contribution in [1.29, 1.82) is 0 Å². The van der Waals surface area contributed by atoms with Crippen molar-refractivity contribution in [1.82, 2.24) is 9.97 Å². The van der Waals surface area contributed by atoms with Crippen molar-refractivity contribution >= 4 is 33.4 Å². The molecule has 2 aromatic heterocycles. The quantitative estimate of drug-likeness (QED) is 0.739. The Hall–Kier alpha value is -0.910. The molecule has 4 heteroatoms. The van der Waals surface area contributed by atoms with Crippen LogP contribution in [0.3, 0.4) is 0 Å². The van der Waals surface area contributed by atoms with Crippen LogP contribution in [0, 0.1) is 3.57 Å². The van der Waals surface area contributed by atoms with Crippen molar-refractivity contribution in [3.8, 4) is 0 Å². The van der Waals surface area contributed by atoms with Gasteiger partial charge in [0.2, 0.25) is 0 Å². The number of rotatable bonds is 0. The molecule has 0 aliphatic rings. The number of nitrogens with one attached hydrogen (secondary N) is 1. The van der Waals surface area contributed by atoms with Gasteiger partial charge in [0.05, 0.1) is 5.39 Å². The Balaban J connectivity index is 3.05. The minimum Gasteiger partial charge on any atom is -0.327 e. The Bertz CT molecular complexity index is 478. The summed E-state index contributed by atoms with van der Waals surface area (Å²) in [6.45, 7) is 0. The maximum absolute atomic E-state index is 11.2. The van der Waals surface area contributed by atoms with E-state index < -0.39 is 0 Å². The van der Waals surface area contributed by atoms with Crippen molar-refractivity contribution in [3.63, 3.8) is 0 Å². The minimum atomic E-state index is -0.0622. The van der Waals surface area contributed by atoms with Gasteiger partial charge in [0.1, 0.15) is 0 Å². The first-order valence-electron chi connectivity index (χ1n) is 3.40. The first-order valence-corrected chi connectivity index (χ1v) is 4.48. The maximum atomic E-state index is 11.2. The van der Waals surface area contributed by atoms with Crippen LogP contribution >= 0.6 is 22.6 Å². The number of hydrogen-bond donors (Lipinski definition) is 1. The Morgan fingerprint density at radius 1 is 1.42 bits per heavy atom. The Morgan fingerprint density at radius 3 is 3.00 bits per heavy atom. The number of H-pyrrole nitrogens is 1. The summed E-state index contributed by atoms with van der Waals surface area (Å²) < 4.78 is 1.01. The molecule has 2 aromatic rings. The van der Waals surface area contributed by atoms with E-state index in [0.717, 1.165) is 8.96 Å². The second kappa shape index (κ2) is 2.85. The molecule has 0 aliphatic carbocycles. The average molecular weight is 272 g/mol. The molecule has 2 rings (SSSR count). The first-order chi connectivity index (χ1) is 5.79. The zero-order valence-electron chi connectivity index (χ0n) is 6.04. The van der Waals surface area contributed by atoms with Crippen LogP contribution in [0.5, 0.6) is 0 Å². The number of aromatic amines is 1. The number of fused-ring (bicyclic) bond motifs is 1. The van der Waals surface area contributed by atoms with E-state index in [2.05, 4.69) is 32.6 Å². The Kier molecular flexibility index (Phi) is 1.84. The van der Waals surface area contributed by atoms with Crippen LogP contribution in [0.1, 0.15) is 0 Å². The van der Waals surface area contributed by atoms with Crippen LogP contribution in [0.2, 0.25) is 0 Å². The molecule has 0 amide bonds. The molecule has 0 fully saturated rings. The molecular formula is C8H5IN2O. The predicted octanol–water partition coefficient (Wildman–Crippen LogP) is 1.53. The summed E-state index contributed by atoms with van der Waals surface area (Å²) in [5.41, 5.74) is -0.0622. The molecule has 0 saturated carbocycles. The molecule has 2 heterocycles. The summed E-state index contributed by atoms with van der Waals surface area (Å²) in [7, 11) is 0. The number of hydrogen-bond acceptors (Lipinski definition) is 2. The lowest BCUT2D eigenvalue weighted by atomic mass is 10.2. The third-order valence-corrected chi connectivity index (χ3v) is 2.55. The van der Waals surface area contributed by atoms with Crippen molar-refractivity contribution in [3.05, 3.63) is 38.6 Å². The van der Waals surface area contributed by atoms with Gasteiger partial charge in [-0.15, -0.1) is 0 Å². The molecule has 0 bridgehead atoms. The van der Waals surface area contributed by atoms with Crippen LogP contribution in [0.4, 0.5) is 0 Å². The second-order valence-corrected chi connectivity index (χ2v) is 3.55. The van der Waals surface area contributed by atoms with Gasteiger partial charge in [0.25, 0.3) is 5.56 Å². The molecule has 0 aromatic carbocycles. The maximum Gasteiger partial charge on any atom is 0.255 e. The highest BCUT2D eigenvalue weighted by molar-refractivity contribution is 14.1. The molecule has 0 unspecified atom stereocenters. The molecule has 3 nitrogen and oxygen atoms in total. The topological polar surface area (TPSA) is 45.8 Å². The van der Waals surface area contributed by atoms with Crippen LogP contribution in [-0.2, 0) is 0 Å². The van der Waals surface area contributed by atoms with Crippen molar-refractivity contribution in [2.24, 2.45) is 0 Å². The summed E-state index contributed by atoms with van der Waals surface area (Å²) in [5, 5.41) is 1.60. The van der Waals surface area contributed by atoms with Crippen LogP contribution < -0.4 is 5.56 Å². The second-order valence-electron chi connectivity index (χ2n) is 2.39. The van der Waals surface area contributed by atoms with Crippen molar-refractivity contribution in [2.45, 2.75) is 0 Å².